The van der Waals surface area contributed by atoms with Crippen molar-refractivity contribution < 1.29 is 23.5 Å². The molecule has 1 fully saturated rings. The summed E-state index contributed by atoms with van der Waals surface area (Å²) in [6.07, 6.45) is 3.46. The molecule has 176 valence electrons. The number of amides is 3. The van der Waals surface area contributed by atoms with Crippen molar-refractivity contribution in [3.63, 3.8) is 0 Å². The number of benzene rings is 2. The molecule has 1 aliphatic heterocycles. The largest absolute Gasteiger partial charge is 0.383 e. The molecule has 0 radical (unpaired) electrons. The molecular formula is C24H21BrFN3O4S. The summed E-state index contributed by atoms with van der Waals surface area (Å²) in [6.45, 7) is 0.997. The van der Waals surface area contributed by atoms with E-state index in [2.05, 4.69) is 21.2 Å². The number of rotatable bonds is 8. The zero-order chi connectivity index (χ0) is 24.2. The van der Waals surface area contributed by atoms with Gasteiger partial charge >= 0.3 is 0 Å². The first-order valence-corrected chi connectivity index (χ1v) is 12.0. The van der Waals surface area contributed by atoms with Gasteiger partial charge in [0.15, 0.2) is 0 Å². The van der Waals surface area contributed by atoms with Crippen LogP contribution in [-0.2, 0) is 27.4 Å². The van der Waals surface area contributed by atoms with Gasteiger partial charge in [-0.3, -0.25) is 19.3 Å². The van der Waals surface area contributed by atoms with Gasteiger partial charge in [0.2, 0.25) is 5.91 Å². The molecule has 0 aliphatic carbocycles. The maximum Gasteiger partial charge on any atom is 0.293 e. The van der Waals surface area contributed by atoms with Crippen LogP contribution in [-0.4, -0.2) is 46.8 Å². The molecule has 2 aromatic carbocycles. The summed E-state index contributed by atoms with van der Waals surface area (Å²) in [5.74, 6) is -0.955. The molecule has 10 heteroatoms. The van der Waals surface area contributed by atoms with Gasteiger partial charge in [0, 0.05) is 40.8 Å². The van der Waals surface area contributed by atoms with Crippen molar-refractivity contribution in [2.75, 3.05) is 20.3 Å². The van der Waals surface area contributed by atoms with Crippen LogP contribution in [0.1, 0.15) is 11.1 Å². The number of methoxy groups -OCH3 is 1. The van der Waals surface area contributed by atoms with E-state index in [1.807, 2.05) is 18.2 Å². The third-order valence-electron chi connectivity index (χ3n) is 5.23. The number of fused-ring (bicyclic) bond motifs is 1. The van der Waals surface area contributed by atoms with E-state index in [0.717, 1.165) is 32.0 Å². The predicted octanol–water partition coefficient (Wildman–Crippen LogP) is 4.54. The lowest BCUT2D eigenvalue weighted by molar-refractivity contribution is -0.123. The Labute approximate surface area is 208 Å². The average Bonchev–Trinajstić information content (AvgIpc) is 3.26. The number of nitrogens with zero attached hydrogens (tertiary/aromatic N) is 2. The Morgan fingerprint density at radius 1 is 1.21 bits per heavy atom. The van der Waals surface area contributed by atoms with Crippen LogP contribution in [0.5, 0.6) is 0 Å². The Morgan fingerprint density at radius 3 is 2.71 bits per heavy atom. The number of thioether (sulfide) groups is 1. The lowest BCUT2D eigenvalue weighted by Crippen LogP contribution is -2.30. The maximum atomic E-state index is 13.2. The van der Waals surface area contributed by atoms with E-state index in [9.17, 15) is 18.8 Å². The van der Waals surface area contributed by atoms with Crippen LogP contribution < -0.4 is 5.32 Å². The van der Waals surface area contributed by atoms with Gasteiger partial charge in [-0.2, -0.15) is 0 Å². The molecule has 1 saturated heterocycles. The molecule has 1 aliphatic rings. The molecule has 0 spiro atoms. The third kappa shape index (κ3) is 5.40. The fraction of sp³-hybridized carbons (Fsp3) is 0.208. The molecule has 0 bridgehead atoms. The van der Waals surface area contributed by atoms with Gasteiger partial charge in [0.1, 0.15) is 12.4 Å². The minimum atomic E-state index is -0.410. The van der Waals surface area contributed by atoms with E-state index >= 15 is 0 Å². The van der Waals surface area contributed by atoms with Crippen LogP contribution in [0.3, 0.4) is 0 Å². The standard InChI is InChI=1S/C24H21BrFN3O4S/c1-33-9-8-27-22(30)14-28-13-16(19-11-17(25)4-7-20(19)28)10-21-23(31)29(24(32)34-21)12-15-2-5-18(26)6-3-15/h2-7,10-11,13H,8-9,12,14H2,1H3,(H,27,30)/b21-10-. The van der Waals surface area contributed by atoms with Gasteiger partial charge in [-0.1, -0.05) is 28.1 Å². The minimum Gasteiger partial charge on any atom is -0.383 e. The number of aromatic nitrogens is 1. The number of hydrogen-bond donors (Lipinski definition) is 1. The van der Waals surface area contributed by atoms with Crippen LogP contribution in [0.25, 0.3) is 17.0 Å². The number of carbonyl (C=O) groups is 3. The number of ether oxygens (including phenoxy) is 1. The van der Waals surface area contributed by atoms with Crippen LogP contribution >= 0.6 is 27.7 Å². The number of imide groups is 1. The van der Waals surface area contributed by atoms with Crippen LogP contribution in [0.2, 0.25) is 0 Å². The Kier molecular flexibility index (Phi) is 7.50. The highest BCUT2D eigenvalue weighted by atomic mass is 79.9. The maximum absolute atomic E-state index is 13.2. The molecule has 2 heterocycles. The lowest BCUT2D eigenvalue weighted by atomic mass is 10.1. The summed E-state index contributed by atoms with van der Waals surface area (Å²) in [4.78, 5) is 39.3. The quantitative estimate of drug-likeness (QED) is 0.332. The number of halogens is 2. The molecule has 1 N–H and O–H groups in total. The molecular weight excluding hydrogens is 525 g/mol. The van der Waals surface area contributed by atoms with Crippen LogP contribution in [0, 0.1) is 5.82 Å². The van der Waals surface area contributed by atoms with Crippen molar-refractivity contribution in [2.45, 2.75) is 13.1 Å². The predicted molar refractivity (Wildman–Crippen MR) is 132 cm³/mol. The highest BCUT2D eigenvalue weighted by Gasteiger charge is 2.35. The van der Waals surface area contributed by atoms with E-state index in [4.69, 9.17) is 4.74 Å². The molecule has 0 unspecified atom stereocenters. The smallest absolute Gasteiger partial charge is 0.293 e. The summed E-state index contributed by atoms with van der Waals surface area (Å²) in [5.41, 5.74) is 2.19. The average molecular weight is 546 g/mol. The number of carbonyl (C=O) groups excluding carboxylic acids is 3. The van der Waals surface area contributed by atoms with Crippen LogP contribution in [0.4, 0.5) is 9.18 Å². The van der Waals surface area contributed by atoms with Crippen molar-refractivity contribution in [1.82, 2.24) is 14.8 Å². The fourth-order valence-electron chi connectivity index (χ4n) is 3.60. The zero-order valence-corrected chi connectivity index (χ0v) is 20.6. The molecule has 3 amide bonds. The Morgan fingerprint density at radius 2 is 1.97 bits per heavy atom. The Bertz CT molecular complexity index is 1290. The van der Waals surface area contributed by atoms with Crippen molar-refractivity contribution in [2.24, 2.45) is 0 Å². The molecule has 7 nitrogen and oxygen atoms in total. The van der Waals surface area contributed by atoms with Gasteiger partial charge in [0.25, 0.3) is 11.1 Å². The summed E-state index contributed by atoms with van der Waals surface area (Å²) < 4.78 is 20.8. The molecule has 4 rings (SSSR count). The van der Waals surface area contributed by atoms with Gasteiger partial charge < -0.3 is 14.6 Å². The normalized spacial score (nSPS) is 15.0. The Hall–Kier alpha value is -2.95. The van der Waals surface area contributed by atoms with E-state index in [0.29, 0.717) is 24.3 Å². The first-order valence-electron chi connectivity index (χ1n) is 10.4. The van der Waals surface area contributed by atoms with Gasteiger partial charge in [-0.15, -0.1) is 0 Å². The van der Waals surface area contributed by atoms with E-state index in [1.165, 1.54) is 12.1 Å². The minimum absolute atomic E-state index is 0.0667. The fourth-order valence-corrected chi connectivity index (χ4v) is 4.79. The van der Waals surface area contributed by atoms with Crippen molar-refractivity contribution >= 4 is 61.7 Å². The first kappa shape index (κ1) is 24.2. The molecule has 3 aromatic rings. The second-order valence-corrected chi connectivity index (χ2v) is 9.52. The molecule has 34 heavy (non-hydrogen) atoms. The number of hydrogen-bond acceptors (Lipinski definition) is 5. The van der Waals surface area contributed by atoms with Crippen molar-refractivity contribution in [1.29, 1.82) is 0 Å². The second-order valence-electron chi connectivity index (χ2n) is 7.61. The Balaban J connectivity index is 1.60. The van der Waals surface area contributed by atoms with E-state index in [-0.39, 0.29) is 35.0 Å². The highest BCUT2D eigenvalue weighted by Crippen LogP contribution is 2.35. The SMILES string of the molecule is COCCNC(=O)Cn1cc(/C=C2\SC(=O)N(Cc3ccc(F)cc3)C2=O)c2cc(Br)ccc21. The summed E-state index contributed by atoms with van der Waals surface area (Å²) in [5, 5.41) is 3.24. The zero-order valence-electron chi connectivity index (χ0n) is 18.2. The van der Waals surface area contributed by atoms with Crippen molar-refractivity contribution in [3.05, 3.63) is 75.0 Å². The van der Waals surface area contributed by atoms with E-state index in [1.54, 1.807) is 36.1 Å². The van der Waals surface area contributed by atoms with Gasteiger partial charge in [-0.25, -0.2) is 4.39 Å². The monoisotopic (exact) mass is 545 g/mol. The molecule has 1 aromatic heterocycles. The first-order chi connectivity index (χ1) is 16.4. The third-order valence-corrected chi connectivity index (χ3v) is 6.63. The van der Waals surface area contributed by atoms with Crippen LogP contribution in [0.15, 0.2) is 58.0 Å². The number of nitrogens with one attached hydrogen (secondary N) is 1. The second kappa shape index (κ2) is 10.5. The topological polar surface area (TPSA) is 80.6 Å². The molecule has 0 atom stereocenters. The highest BCUT2D eigenvalue weighted by molar-refractivity contribution is 9.10. The molecule has 0 saturated carbocycles. The van der Waals surface area contributed by atoms with Crippen molar-refractivity contribution in [3.8, 4) is 0 Å². The summed E-state index contributed by atoms with van der Waals surface area (Å²) in [7, 11) is 1.57. The van der Waals surface area contributed by atoms with Gasteiger partial charge in [-0.05, 0) is 53.7 Å². The summed E-state index contributed by atoms with van der Waals surface area (Å²) in [6, 6.07) is 11.4. The lowest BCUT2D eigenvalue weighted by Gasteiger charge is -2.12. The summed E-state index contributed by atoms with van der Waals surface area (Å²) >= 11 is 4.33. The van der Waals surface area contributed by atoms with E-state index < -0.39 is 5.91 Å². The van der Waals surface area contributed by atoms with Gasteiger partial charge in [0.05, 0.1) is 18.1 Å².